The van der Waals surface area contributed by atoms with Crippen molar-refractivity contribution in [3.05, 3.63) is 89.0 Å². The lowest BCUT2D eigenvalue weighted by atomic mass is 9.94. The maximum atomic E-state index is 13.6. The van der Waals surface area contributed by atoms with Crippen LogP contribution in [0.4, 0.5) is 0 Å². The number of likely N-dealkylation sites (tertiary alicyclic amines) is 1. The SMILES string of the molecule is CCOc1cc(C2/C(=C(/O)c3ccc4c(c3)OCCO4)C(=O)C(=O)N2CCc2ccccc2)ccc1OCCC(C)C. The second kappa shape index (κ2) is 13.0. The number of nitrogens with zero attached hydrogens (tertiary/aromatic N) is 1. The van der Waals surface area contributed by atoms with Crippen molar-refractivity contribution in [1.29, 1.82) is 0 Å². The van der Waals surface area contributed by atoms with Crippen LogP contribution in [0, 0.1) is 5.92 Å². The number of carbonyl (C=O) groups excluding carboxylic acids is 2. The van der Waals surface area contributed by atoms with Crippen LogP contribution in [0.3, 0.4) is 0 Å². The third-order valence-corrected chi connectivity index (χ3v) is 7.38. The van der Waals surface area contributed by atoms with Gasteiger partial charge in [-0.1, -0.05) is 50.2 Å². The Kier molecular flexibility index (Phi) is 9.00. The molecule has 1 saturated heterocycles. The Hall–Kier alpha value is -4.46. The molecule has 1 unspecified atom stereocenters. The van der Waals surface area contributed by atoms with Crippen LogP contribution < -0.4 is 18.9 Å². The van der Waals surface area contributed by atoms with E-state index in [0.717, 1.165) is 12.0 Å². The van der Waals surface area contributed by atoms with Gasteiger partial charge in [0.15, 0.2) is 23.0 Å². The standard InChI is InChI=1S/C34H37NO7/c1-4-39-28-20-24(10-12-26(28)40-17-15-22(2)3)31-30(32(36)25-11-13-27-29(21-25)42-19-18-41-27)33(37)34(38)35(31)16-14-23-8-6-5-7-9-23/h5-13,20-22,31,36H,4,14-19H2,1-3H3/b32-30-. The number of benzene rings is 3. The number of carbonyl (C=O) groups is 2. The van der Waals surface area contributed by atoms with E-state index in [4.69, 9.17) is 18.9 Å². The van der Waals surface area contributed by atoms with E-state index in [0.29, 0.717) is 72.9 Å². The van der Waals surface area contributed by atoms with Crippen molar-refractivity contribution in [2.24, 2.45) is 5.92 Å². The first kappa shape index (κ1) is 29.0. The number of Topliss-reactive ketones (excluding diaryl/α,β-unsaturated/α-hetero) is 1. The average Bonchev–Trinajstić information content (AvgIpc) is 3.25. The van der Waals surface area contributed by atoms with Crippen LogP contribution in [0.2, 0.25) is 0 Å². The van der Waals surface area contributed by atoms with Gasteiger partial charge in [0.25, 0.3) is 11.7 Å². The molecular formula is C34H37NO7. The zero-order valence-electron chi connectivity index (χ0n) is 24.3. The Bertz CT molecular complexity index is 1460. The van der Waals surface area contributed by atoms with Crippen LogP contribution in [0.5, 0.6) is 23.0 Å². The van der Waals surface area contributed by atoms with E-state index in [2.05, 4.69) is 13.8 Å². The van der Waals surface area contributed by atoms with Crippen LogP contribution in [0.1, 0.15) is 49.9 Å². The number of fused-ring (bicyclic) bond motifs is 1. The lowest BCUT2D eigenvalue weighted by Crippen LogP contribution is -2.31. The number of amides is 1. The van der Waals surface area contributed by atoms with Gasteiger partial charge in [0, 0.05) is 12.1 Å². The molecule has 2 aliphatic rings. The normalized spacial score (nSPS) is 17.5. The second-order valence-corrected chi connectivity index (χ2v) is 10.8. The Morgan fingerprint density at radius 1 is 0.952 bits per heavy atom. The van der Waals surface area contributed by atoms with E-state index < -0.39 is 17.7 Å². The minimum atomic E-state index is -0.828. The van der Waals surface area contributed by atoms with Crippen molar-refractivity contribution in [2.45, 2.75) is 39.7 Å². The number of aliphatic hydroxyl groups excluding tert-OH is 1. The maximum absolute atomic E-state index is 13.6. The average molecular weight is 572 g/mol. The fraction of sp³-hybridized carbons (Fsp3) is 0.353. The quantitative estimate of drug-likeness (QED) is 0.173. The van der Waals surface area contributed by atoms with Gasteiger partial charge in [-0.05, 0) is 67.1 Å². The van der Waals surface area contributed by atoms with Crippen LogP contribution in [0.15, 0.2) is 72.3 Å². The van der Waals surface area contributed by atoms with Crippen molar-refractivity contribution in [3.63, 3.8) is 0 Å². The van der Waals surface area contributed by atoms with E-state index in [9.17, 15) is 14.7 Å². The number of hydrogen-bond acceptors (Lipinski definition) is 7. The van der Waals surface area contributed by atoms with Gasteiger partial charge in [-0.15, -0.1) is 0 Å². The van der Waals surface area contributed by atoms with E-state index in [1.165, 1.54) is 4.90 Å². The topological polar surface area (TPSA) is 94.5 Å². The number of aliphatic hydroxyl groups is 1. The molecule has 42 heavy (non-hydrogen) atoms. The molecule has 1 amide bonds. The summed E-state index contributed by atoms with van der Waals surface area (Å²) in [5.74, 6) is 0.966. The van der Waals surface area contributed by atoms with Gasteiger partial charge in [0.1, 0.15) is 19.0 Å². The summed E-state index contributed by atoms with van der Waals surface area (Å²) in [5.41, 5.74) is 2.06. The monoisotopic (exact) mass is 571 g/mol. The molecule has 220 valence electrons. The first-order valence-electron chi connectivity index (χ1n) is 14.5. The van der Waals surface area contributed by atoms with Gasteiger partial charge in [-0.3, -0.25) is 9.59 Å². The molecule has 2 aliphatic heterocycles. The molecule has 5 rings (SSSR count). The Labute approximate surface area is 246 Å². The lowest BCUT2D eigenvalue weighted by molar-refractivity contribution is -0.139. The molecule has 0 aliphatic carbocycles. The molecule has 1 N–H and O–H groups in total. The number of rotatable bonds is 11. The molecule has 3 aromatic carbocycles. The lowest BCUT2D eigenvalue weighted by Gasteiger charge is -2.26. The smallest absolute Gasteiger partial charge is 0.295 e. The molecule has 3 aromatic rings. The van der Waals surface area contributed by atoms with Crippen LogP contribution in [0.25, 0.3) is 5.76 Å². The van der Waals surface area contributed by atoms with E-state index in [1.807, 2.05) is 49.4 Å². The van der Waals surface area contributed by atoms with Gasteiger partial charge in [-0.2, -0.15) is 0 Å². The van der Waals surface area contributed by atoms with Gasteiger partial charge in [-0.25, -0.2) is 0 Å². The fourth-order valence-corrected chi connectivity index (χ4v) is 5.18. The van der Waals surface area contributed by atoms with Crippen molar-refractivity contribution in [1.82, 2.24) is 4.90 Å². The summed E-state index contributed by atoms with van der Waals surface area (Å²) < 4.78 is 23.3. The van der Waals surface area contributed by atoms with Crippen molar-refractivity contribution in [3.8, 4) is 23.0 Å². The fourth-order valence-electron chi connectivity index (χ4n) is 5.18. The maximum Gasteiger partial charge on any atom is 0.295 e. The van der Waals surface area contributed by atoms with Gasteiger partial charge in [0.05, 0.1) is 24.8 Å². The second-order valence-electron chi connectivity index (χ2n) is 10.8. The van der Waals surface area contributed by atoms with E-state index in [1.54, 1.807) is 24.3 Å². The zero-order chi connectivity index (χ0) is 29.6. The molecule has 1 atom stereocenters. The number of ether oxygens (including phenoxy) is 4. The first-order chi connectivity index (χ1) is 20.4. The van der Waals surface area contributed by atoms with Gasteiger partial charge in [0.2, 0.25) is 0 Å². The highest BCUT2D eigenvalue weighted by atomic mass is 16.6. The van der Waals surface area contributed by atoms with Gasteiger partial charge < -0.3 is 29.0 Å². The molecule has 0 saturated carbocycles. The number of hydrogen-bond donors (Lipinski definition) is 1. The first-order valence-corrected chi connectivity index (χ1v) is 14.5. The predicted molar refractivity (Wildman–Crippen MR) is 159 cm³/mol. The molecular weight excluding hydrogens is 534 g/mol. The molecule has 0 spiro atoms. The van der Waals surface area contributed by atoms with Crippen molar-refractivity contribution >= 4 is 17.4 Å². The minimum absolute atomic E-state index is 0.0145. The number of ketones is 1. The Morgan fingerprint density at radius 2 is 1.71 bits per heavy atom. The zero-order valence-corrected chi connectivity index (χ0v) is 24.3. The third kappa shape index (κ3) is 6.22. The summed E-state index contributed by atoms with van der Waals surface area (Å²) in [7, 11) is 0. The molecule has 0 radical (unpaired) electrons. The van der Waals surface area contributed by atoms with E-state index in [-0.39, 0.29) is 17.9 Å². The Balaban J connectivity index is 1.57. The third-order valence-electron chi connectivity index (χ3n) is 7.38. The summed E-state index contributed by atoms with van der Waals surface area (Å²) in [5, 5.41) is 11.6. The highest BCUT2D eigenvalue weighted by molar-refractivity contribution is 6.46. The molecule has 8 heteroatoms. The van der Waals surface area contributed by atoms with E-state index >= 15 is 0 Å². The summed E-state index contributed by atoms with van der Waals surface area (Å²) in [6.45, 7) is 8.21. The van der Waals surface area contributed by atoms with Gasteiger partial charge >= 0.3 is 0 Å². The molecule has 8 nitrogen and oxygen atoms in total. The summed E-state index contributed by atoms with van der Waals surface area (Å²) >= 11 is 0. The largest absolute Gasteiger partial charge is 0.507 e. The van der Waals surface area contributed by atoms with Crippen molar-refractivity contribution < 1.29 is 33.6 Å². The van der Waals surface area contributed by atoms with Crippen LogP contribution >= 0.6 is 0 Å². The molecule has 0 aromatic heterocycles. The minimum Gasteiger partial charge on any atom is -0.507 e. The Morgan fingerprint density at radius 3 is 2.45 bits per heavy atom. The highest BCUT2D eigenvalue weighted by Gasteiger charge is 2.46. The van der Waals surface area contributed by atoms with Crippen LogP contribution in [-0.2, 0) is 16.0 Å². The molecule has 2 heterocycles. The van der Waals surface area contributed by atoms with Crippen molar-refractivity contribution in [2.75, 3.05) is 33.0 Å². The summed E-state index contributed by atoms with van der Waals surface area (Å²) in [6.07, 6.45) is 1.44. The predicted octanol–water partition coefficient (Wildman–Crippen LogP) is 5.95. The highest BCUT2D eigenvalue weighted by Crippen LogP contribution is 2.43. The van der Waals surface area contributed by atoms with Crippen LogP contribution in [-0.4, -0.2) is 54.7 Å². The molecule has 1 fully saturated rings. The summed E-state index contributed by atoms with van der Waals surface area (Å²) in [6, 6.07) is 19.4. The summed E-state index contributed by atoms with van der Waals surface area (Å²) in [4.78, 5) is 28.6. The molecule has 0 bridgehead atoms.